The Morgan fingerprint density at radius 2 is 2.24 bits per heavy atom. The van der Waals surface area contributed by atoms with Crippen molar-refractivity contribution in [1.82, 2.24) is 4.90 Å². The van der Waals surface area contributed by atoms with E-state index in [2.05, 4.69) is 24.1 Å². The molecule has 0 aromatic heterocycles. The lowest BCUT2D eigenvalue weighted by Gasteiger charge is -2.28. The van der Waals surface area contributed by atoms with Crippen LogP contribution < -0.4 is 5.32 Å². The van der Waals surface area contributed by atoms with E-state index in [9.17, 15) is 10.1 Å². The Kier molecular flexibility index (Phi) is 5.17. The van der Waals surface area contributed by atoms with Crippen LogP contribution in [-0.4, -0.2) is 29.0 Å². The highest BCUT2D eigenvalue weighted by atomic mass is 16.6. The second kappa shape index (κ2) is 6.89. The van der Waals surface area contributed by atoms with Crippen molar-refractivity contribution in [2.24, 2.45) is 5.92 Å². The highest BCUT2D eigenvalue weighted by Gasteiger charge is 2.27. The second-order valence-corrected chi connectivity index (χ2v) is 6.05. The number of nitro benzene ring substituents is 1. The molecular formula is C16H25N3O2. The van der Waals surface area contributed by atoms with Crippen molar-refractivity contribution in [3.8, 4) is 0 Å². The third-order valence-electron chi connectivity index (χ3n) is 4.22. The lowest BCUT2D eigenvalue weighted by Crippen LogP contribution is -2.33. The van der Waals surface area contributed by atoms with E-state index in [0.29, 0.717) is 12.0 Å². The van der Waals surface area contributed by atoms with Crippen LogP contribution in [0.4, 0.5) is 11.4 Å². The van der Waals surface area contributed by atoms with E-state index >= 15 is 0 Å². The average molecular weight is 291 g/mol. The van der Waals surface area contributed by atoms with E-state index in [1.54, 1.807) is 12.1 Å². The first-order chi connectivity index (χ1) is 10.0. The van der Waals surface area contributed by atoms with E-state index in [1.165, 1.54) is 12.8 Å². The van der Waals surface area contributed by atoms with Crippen LogP contribution in [0.1, 0.15) is 39.2 Å². The molecule has 0 amide bonds. The molecule has 1 aromatic rings. The van der Waals surface area contributed by atoms with Gasteiger partial charge in [0.05, 0.1) is 4.92 Å². The number of nitrogens with zero attached hydrogens (tertiary/aromatic N) is 2. The number of anilines is 1. The minimum absolute atomic E-state index is 0.173. The number of nitrogens with one attached hydrogen (secondary N) is 1. The molecule has 2 rings (SSSR count). The molecule has 5 nitrogen and oxygen atoms in total. The van der Waals surface area contributed by atoms with Gasteiger partial charge in [0.2, 0.25) is 0 Å². The molecular weight excluding hydrogens is 266 g/mol. The molecule has 1 saturated heterocycles. The highest BCUT2D eigenvalue weighted by Crippen LogP contribution is 2.29. The van der Waals surface area contributed by atoms with Crippen LogP contribution in [0, 0.1) is 16.0 Å². The van der Waals surface area contributed by atoms with Gasteiger partial charge in [0.1, 0.15) is 0 Å². The molecule has 1 aliphatic rings. The zero-order valence-corrected chi connectivity index (χ0v) is 13.1. The largest absolute Gasteiger partial charge is 0.385 e. The quantitative estimate of drug-likeness (QED) is 0.642. The van der Waals surface area contributed by atoms with Crippen LogP contribution in [0.5, 0.6) is 0 Å². The summed E-state index contributed by atoms with van der Waals surface area (Å²) < 4.78 is 0. The molecule has 1 atom stereocenters. The fourth-order valence-corrected chi connectivity index (χ4v) is 3.21. The van der Waals surface area contributed by atoms with Gasteiger partial charge in [-0.25, -0.2) is 0 Å². The Balaban J connectivity index is 2.23. The smallest absolute Gasteiger partial charge is 0.269 e. The zero-order chi connectivity index (χ0) is 15.4. The molecule has 1 fully saturated rings. The number of rotatable bonds is 6. The van der Waals surface area contributed by atoms with Crippen LogP contribution >= 0.6 is 0 Å². The monoisotopic (exact) mass is 291 g/mol. The van der Waals surface area contributed by atoms with E-state index in [1.807, 2.05) is 13.0 Å². The summed E-state index contributed by atoms with van der Waals surface area (Å²) in [6, 6.07) is 5.70. The van der Waals surface area contributed by atoms with Gasteiger partial charge in [-0.05, 0) is 43.9 Å². The Bertz CT molecular complexity index is 502. The van der Waals surface area contributed by atoms with Crippen molar-refractivity contribution in [1.29, 1.82) is 0 Å². The Labute approximate surface area is 126 Å². The first-order valence-electron chi connectivity index (χ1n) is 7.78. The molecule has 1 aliphatic heterocycles. The lowest BCUT2D eigenvalue weighted by atomic mass is 10.0. The molecule has 1 N–H and O–H groups in total. The molecule has 21 heavy (non-hydrogen) atoms. The van der Waals surface area contributed by atoms with Crippen LogP contribution in [0.25, 0.3) is 0 Å². The van der Waals surface area contributed by atoms with Crippen LogP contribution in [0.2, 0.25) is 0 Å². The first kappa shape index (κ1) is 15.8. The summed E-state index contributed by atoms with van der Waals surface area (Å²) in [5.41, 5.74) is 2.21. The van der Waals surface area contributed by atoms with Crippen molar-refractivity contribution in [3.63, 3.8) is 0 Å². The summed E-state index contributed by atoms with van der Waals surface area (Å²) in [6.45, 7) is 9.23. The summed E-state index contributed by atoms with van der Waals surface area (Å²) >= 11 is 0. The highest BCUT2D eigenvalue weighted by molar-refractivity contribution is 5.56. The number of benzene rings is 1. The molecule has 1 heterocycles. The van der Waals surface area contributed by atoms with Crippen LogP contribution in [0.15, 0.2) is 18.2 Å². The van der Waals surface area contributed by atoms with E-state index in [-0.39, 0.29) is 10.6 Å². The topological polar surface area (TPSA) is 58.4 Å². The maximum atomic E-state index is 11.0. The molecule has 0 spiro atoms. The third-order valence-corrected chi connectivity index (χ3v) is 4.22. The zero-order valence-electron chi connectivity index (χ0n) is 13.1. The molecule has 0 radical (unpaired) electrons. The Morgan fingerprint density at radius 3 is 2.86 bits per heavy atom. The number of hydrogen-bond acceptors (Lipinski definition) is 4. The first-order valence-corrected chi connectivity index (χ1v) is 7.78. The molecule has 0 aliphatic carbocycles. The number of hydrogen-bond donors (Lipinski definition) is 1. The molecule has 1 aromatic carbocycles. The SMILES string of the molecule is CCNc1ccc([N+](=O)[O-])cc1CN1CCCC1C(C)C. The predicted octanol–water partition coefficient (Wildman–Crippen LogP) is 3.65. The molecule has 5 heteroatoms. The minimum Gasteiger partial charge on any atom is -0.385 e. The number of nitro groups is 1. The summed E-state index contributed by atoms with van der Waals surface area (Å²) in [7, 11) is 0. The van der Waals surface area contributed by atoms with E-state index in [4.69, 9.17) is 0 Å². The van der Waals surface area contributed by atoms with Gasteiger partial charge in [-0.2, -0.15) is 0 Å². The number of non-ortho nitro benzene ring substituents is 1. The molecule has 116 valence electrons. The summed E-state index contributed by atoms with van der Waals surface area (Å²) in [6.07, 6.45) is 2.44. The van der Waals surface area contributed by atoms with Gasteiger partial charge in [-0.3, -0.25) is 15.0 Å². The van der Waals surface area contributed by atoms with Gasteiger partial charge in [-0.1, -0.05) is 13.8 Å². The van der Waals surface area contributed by atoms with Gasteiger partial charge in [0.15, 0.2) is 0 Å². The normalized spacial score (nSPS) is 19.1. The second-order valence-electron chi connectivity index (χ2n) is 6.05. The lowest BCUT2D eigenvalue weighted by molar-refractivity contribution is -0.384. The fraction of sp³-hybridized carbons (Fsp3) is 0.625. The van der Waals surface area contributed by atoms with Crippen LogP contribution in [0.3, 0.4) is 0 Å². The van der Waals surface area contributed by atoms with Crippen molar-refractivity contribution in [3.05, 3.63) is 33.9 Å². The van der Waals surface area contributed by atoms with Crippen LogP contribution in [-0.2, 0) is 6.54 Å². The van der Waals surface area contributed by atoms with Crippen molar-refractivity contribution >= 4 is 11.4 Å². The predicted molar refractivity (Wildman–Crippen MR) is 85.5 cm³/mol. The van der Waals surface area contributed by atoms with Gasteiger partial charge in [-0.15, -0.1) is 0 Å². The van der Waals surface area contributed by atoms with Crippen molar-refractivity contribution < 1.29 is 4.92 Å². The molecule has 1 unspecified atom stereocenters. The average Bonchev–Trinajstić information content (AvgIpc) is 2.89. The molecule has 0 bridgehead atoms. The van der Waals surface area contributed by atoms with Crippen molar-refractivity contribution in [2.75, 3.05) is 18.4 Å². The van der Waals surface area contributed by atoms with Gasteiger partial charge in [0.25, 0.3) is 5.69 Å². The van der Waals surface area contributed by atoms with Crippen molar-refractivity contribution in [2.45, 2.75) is 46.2 Å². The summed E-state index contributed by atoms with van der Waals surface area (Å²) in [5.74, 6) is 0.619. The number of likely N-dealkylation sites (tertiary alicyclic amines) is 1. The maximum absolute atomic E-state index is 11.0. The standard InChI is InChI=1S/C16H25N3O2/c1-4-17-15-8-7-14(19(20)21)10-13(15)11-18-9-5-6-16(18)12(2)3/h7-8,10,12,16-17H,4-6,9,11H2,1-3H3. The maximum Gasteiger partial charge on any atom is 0.269 e. The third kappa shape index (κ3) is 3.73. The van der Waals surface area contributed by atoms with E-state index in [0.717, 1.165) is 30.9 Å². The Hall–Kier alpha value is -1.62. The summed E-state index contributed by atoms with van der Waals surface area (Å²) in [4.78, 5) is 13.2. The van der Waals surface area contributed by atoms with E-state index < -0.39 is 0 Å². The fourth-order valence-electron chi connectivity index (χ4n) is 3.21. The molecule has 0 saturated carbocycles. The van der Waals surface area contributed by atoms with Gasteiger partial charge < -0.3 is 5.32 Å². The Morgan fingerprint density at radius 1 is 1.48 bits per heavy atom. The van der Waals surface area contributed by atoms with Gasteiger partial charge in [0, 0.05) is 37.0 Å². The minimum atomic E-state index is -0.316. The summed E-state index contributed by atoms with van der Waals surface area (Å²) in [5, 5.41) is 14.3. The van der Waals surface area contributed by atoms with Gasteiger partial charge >= 0.3 is 0 Å².